The Morgan fingerprint density at radius 3 is 2.33 bits per heavy atom. The second kappa shape index (κ2) is 13.1. The number of sulfonamides is 1. The highest BCUT2D eigenvalue weighted by Crippen LogP contribution is 2.39. The van der Waals surface area contributed by atoms with E-state index in [4.69, 9.17) is 25.8 Å². The van der Waals surface area contributed by atoms with Crippen LogP contribution < -0.4 is 14.8 Å². The number of rotatable bonds is 9. The van der Waals surface area contributed by atoms with Gasteiger partial charge in [-0.15, -0.1) is 0 Å². The van der Waals surface area contributed by atoms with Crippen molar-refractivity contribution in [2.75, 3.05) is 6.54 Å². The molecule has 2 aliphatic rings. The van der Waals surface area contributed by atoms with E-state index >= 15 is 13.2 Å². The van der Waals surface area contributed by atoms with Crippen LogP contribution in [0.3, 0.4) is 0 Å². The number of hydrogen-bond acceptors (Lipinski definition) is 8. The van der Waals surface area contributed by atoms with E-state index in [9.17, 15) is 18.0 Å². The summed E-state index contributed by atoms with van der Waals surface area (Å²) in [6.07, 6.45) is -1.61. The lowest BCUT2D eigenvalue weighted by Crippen LogP contribution is -2.53. The van der Waals surface area contributed by atoms with Crippen molar-refractivity contribution >= 4 is 33.8 Å². The second-order valence-corrected chi connectivity index (χ2v) is 15.7. The largest absolute Gasteiger partial charge is 0.444 e. The first-order valence-corrected chi connectivity index (χ1v) is 16.5. The van der Waals surface area contributed by atoms with Crippen LogP contribution in [0, 0.1) is 5.82 Å². The topological polar surface area (TPSA) is 136 Å². The van der Waals surface area contributed by atoms with Gasteiger partial charge in [-0.1, -0.05) is 23.7 Å². The minimum Gasteiger partial charge on any atom is -0.444 e. The fraction of sp³-hybridized carbons (Fsp3) is 0.567. The summed E-state index contributed by atoms with van der Waals surface area (Å²) in [6, 6.07) is 3.40. The van der Waals surface area contributed by atoms with Crippen molar-refractivity contribution in [1.82, 2.24) is 19.9 Å². The van der Waals surface area contributed by atoms with Gasteiger partial charge in [0.1, 0.15) is 22.3 Å². The number of halogens is 4. The van der Waals surface area contributed by atoms with Crippen LogP contribution in [0.25, 0.3) is 0 Å². The van der Waals surface area contributed by atoms with Crippen molar-refractivity contribution in [2.24, 2.45) is 0 Å². The summed E-state index contributed by atoms with van der Waals surface area (Å²) in [5.41, 5.74) is -1.57. The van der Waals surface area contributed by atoms with Gasteiger partial charge in [-0.3, -0.25) is 4.90 Å². The normalized spacial score (nSPS) is 19.9. The number of nitrogens with one attached hydrogen (secondary N) is 2. The highest BCUT2D eigenvalue weighted by atomic mass is 35.5. The number of amides is 2. The summed E-state index contributed by atoms with van der Waals surface area (Å²) >= 11 is 6.25. The minimum absolute atomic E-state index is 0.0203. The third-order valence-corrected chi connectivity index (χ3v) is 9.09. The fourth-order valence-electron chi connectivity index (χ4n) is 4.70. The van der Waals surface area contributed by atoms with Crippen LogP contribution in [0.5, 0.6) is 11.6 Å². The van der Waals surface area contributed by atoms with Crippen molar-refractivity contribution < 1.29 is 45.4 Å². The van der Waals surface area contributed by atoms with Gasteiger partial charge in [-0.2, -0.15) is 0 Å². The van der Waals surface area contributed by atoms with Gasteiger partial charge in [-0.25, -0.2) is 40.9 Å². The van der Waals surface area contributed by atoms with E-state index in [0.717, 1.165) is 4.90 Å². The molecular formula is C30H38ClF3N4O7S. The first kappa shape index (κ1) is 35.6. The van der Waals surface area contributed by atoms with Gasteiger partial charge in [0.05, 0.1) is 30.1 Å². The number of ether oxygens (including phenoxy) is 3. The maximum absolute atomic E-state index is 15.9. The summed E-state index contributed by atoms with van der Waals surface area (Å²) in [6.45, 7) is 8.62. The van der Waals surface area contributed by atoms with Crippen LogP contribution in [0.1, 0.15) is 65.6 Å². The van der Waals surface area contributed by atoms with Crippen molar-refractivity contribution in [3.05, 3.63) is 52.4 Å². The van der Waals surface area contributed by atoms with Crippen molar-refractivity contribution in [3.8, 4) is 11.6 Å². The highest BCUT2D eigenvalue weighted by Gasteiger charge is 2.59. The average molecular weight is 691 g/mol. The maximum atomic E-state index is 15.9. The number of hydrogen-bond donors (Lipinski definition) is 2. The number of pyridine rings is 1. The molecule has 2 aromatic rings. The lowest BCUT2D eigenvalue weighted by atomic mass is 9.98. The molecular weight excluding hydrogens is 653 g/mol. The molecule has 1 saturated heterocycles. The summed E-state index contributed by atoms with van der Waals surface area (Å²) in [7, 11) is -4.12. The molecule has 0 bridgehead atoms. The SMILES string of the molecule is CC(C)(C)OC(=O)NCc1ccc(Cl)c(Oc2cccc(C[C@H]3[C@@H](NS(=O)(=O)C4CC4)C(F)(F)CN3C(=O)OC(C)(C)C)c2F)n1. The van der Waals surface area contributed by atoms with E-state index in [1.807, 2.05) is 0 Å². The lowest BCUT2D eigenvalue weighted by Gasteiger charge is -2.30. The van der Waals surface area contributed by atoms with Crippen LogP contribution in [0.2, 0.25) is 5.02 Å². The second-order valence-electron chi connectivity index (χ2n) is 13.3. The molecule has 1 aromatic carbocycles. The Hall–Kier alpha value is -3.30. The van der Waals surface area contributed by atoms with Gasteiger partial charge < -0.3 is 19.5 Å². The molecule has 2 N–H and O–H groups in total. The molecule has 2 heterocycles. The average Bonchev–Trinajstić information content (AvgIpc) is 3.73. The van der Waals surface area contributed by atoms with Crippen LogP contribution >= 0.6 is 11.6 Å². The Labute approximate surface area is 271 Å². The predicted octanol–water partition coefficient (Wildman–Crippen LogP) is 5.94. The number of nitrogens with zero attached hydrogens (tertiary/aromatic N) is 2. The lowest BCUT2D eigenvalue weighted by molar-refractivity contribution is -0.0123. The zero-order valence-electron chi connectivity index (χ0n) is 26.3. The number of carbonyl (C=O) groups is 2. The molecule has 254 valence electrons. The molecule has 2 fully saturated rings. The zero-order chi connectivity index (χ0) is 34.2. The summed E-state index contributed by atoms with van der Waals surface area (Å²) in [4.78, 5) is 30.0. The van der Waals surface area contributed by atoms with Crippen molar-refractivity contribution in [2.45, 2.75) is 102 Å². The quantitative estimate of drug-likeness (QED) is 0.330. The van der Waals surface area contributed by atoms with Crippen LogP contribution in [0.15, 0.2) is 30.3 Å². The standard InChI is InChI=1S/C30H38ClF3N4O7S/c1-28(2,3)44-26(39)35-15-18-10-13-20(31)25(36-18)43-22-9-7-8-17(23(22)32)14-21-24(37-46(41,42)19-11-12-19)30(33,34)16-38(21)27(40)45-29(4,5)6/h7-10,13,19,21,24,37H,11-12,14-16H2,1-6H3,(H,35,39)/t21-,24+/m0/s1. The van der Waals surface area contributed by atoms with Crippen molar-refractivity contribution in [1.29, 1.82) is 0 Å². The Kier molecular flexibility index (Phi) is 10.1. The maximum Gasteiger partial charge on any atom is 0.410 e. The minimum atomic E-state index is -4.12. The number of likely N-dealkylation sites (tertiary alicyclic amines) is 1. The van der Waals surface area contributed by atoms with E-state index in [2.05, 4.69) is 15.0 Å². The molecule has 1 aromatic heterocycles. The predicted molar refractivity (Wildman–Crippen MR) is 163 cm³/mol. The Morgan fingerprint density at radius 2 is 1.72 bits per heavy atom. The van der Waals surface area contributed by atoms with Gasteiger partial charge in [-0.05, 0) is 84.6 Å². The molecule has 16 heteroatoms. The molecule has 0 spiro atoms. The smallest absolute Gasteiger partial charge is 0.410 e. The first-order chi connectivity index (χ1) is 21.1. The van der Waals surface area contributed by atoms with Crippen LogP contribution in [-0.4, -0.2) is 71.5 Å². The van der Waals surface area contributed by atoms with E-state index < -0.39 is 75.5 Å². The molecule has 0 radical (unpaired) electrons. The molecule has 4 rings (SSSR count). The Morgan fingerprint density at radius 1 is 1.07 bits per heavy atom. The number of alkyl carbamates (subject to hydrolysis) is 1. The van der Waals surface area contributed by atoms with E-state index in [1.165, 1.54) is 30.3 Å². The number of aromatic nitrogens is 1. The zero-order valence-corrected chi connectivity index (χ0v) is 27.9. The number of carbonyl (C=O) groups excluding carboxylic acids is 2. The van der Waals surface area contributed by atoms with Gasteiger partial charge in [0, 0.05) is 0 Å². The first-order valence-electron chi connectivity index (χ1n) is 14.6. The number of alkyl halides is 2. The fourth-order valence-corrected chi connectivity index (χ4v) is 6.48. The summed E-state index contributed by atoms with van der Waals surface area (Å²) in [5.74, 6) is -5.19. The van der Waals surface area contributed by atoms with Crippen molar-refractivity contribution in [3.63, 3.8) is 0 Å². The van der Waals surface area contributed by atoms with Gasteiger partial charge in [0.25, 0.3) is 5.92 Å². The van der Waals surface area contributed by atoms with Gasteiger partial charge >= 0.3 is 12.2 Å². The van der Waals surface area contributed by atoms with Gasteiger partial charge in [0.2, 0.25) is 15.9 Å². The van der Waals surface area contributed by atoms with Gasteiger partial charge in [0.15, 0.2) is 11.6 Å². The molecule has 0 unspecified atom stereocenters. The number of benzene rings is 1. The molecule has 1 aliphatic carbocycles. The Bertz CT molecular complexity index is 1580. The Balaban J connectivity index is 1.59. The molecule has 2 atom stereocenters. The molecule has 46 heavy (non-hydrogen) atoms. The molecule has 1 saturated carbocycles. The van der Waals surface area contributed by atoms with E-state index in [-0.39, 0.29) is 28.8 Å². The van der Waals surface area contributed by atoms with Crippen LogP contribution in [0.4, 0.5) is 22.8 Å². The highest BCUT2D eigenvalue weighted by molar-refractivity contribution is 7.90. The van der Waals surface area contributed by atoms with E-state index in [1.54, 1.807) is 41.5 Å². The molecule has 11 nitrogen and oxygen atoms in total. The third kappa shape index (κ3) is 9.16. The molecule has 1 aliphatic heterocycles. The third-order valence-electron chi connectivity index (χ3n) is 6.87. The molecule has 2 amide bonds. The van der Waals surface area contributed by atoms with E-state index in [0.29, 0.717) is 18.5 Å². The monoisotopic (exact) mass is 690 g/mol. The summed E-state index contributed by atoms with van der Waals surface area (Å²) in [5, 5.41) is 1.76. The summed E-state index contributed by atoms with van der Waals surface area (Å²) < 4.78 is 90.5. The van der Waals surface area contributed by atoms with Crippen LogP contribution in [-0.2, 0) is 32.5 Å².